The van der Waals surface area contributed by atoms with E-state index in [4.69, 9.17) is 21.8 Å². The number of hydrogen-bond acceptors (Lipinski definition) is 8. The maximum atomic E-state index is 12.8. The summed E-state index contributed by atoms with van der Waals surface area (Å²) in [4.78, 5) is 38.2. The molecule has 3 atom stereocenters. The van der Waals surface area contributed by atoms with Crippen LogP contribution in [0.4, 0.5) is 0 Å². The standard InChI is InChI=1S/C55H96O8Se/c1-4-7-10-13-15-17-19-21-23-25-27-29-31-35-40-45-53(56)59-48-50(61-55(58)47-42-36-32-30-28-26-24-22-20-18-16-14-11-8-5-2)49-60-54(57)46-41-37-33-34-39-44-52-51(62-64-63-52)43-38-12-9-6-3/h13,15,18,20-24,50-52H,4-12,14,16-17,19,25-49H2,1-3H3/b15-13+,20-18+,23-21+,24-22+. The van der Waals surface area contributed by atoms with Crippen LogP contribution in [0.5, 0.6) is 0 Å². The molecule has 3 unspecified atom stereocenters. The van der Waals surface area contributed by atoms with E-state index in [0.717, 1.165) is 135 Å². The minimum absolute atomic E-state index is 0.100. The number of rotatable bonds is 46. The first kappa shape index (κ1) is 59.8. The van der Waals surface area contributed by atoms with E-state index in [1.54, 1.807) is 0 Å². The maximum absolute atomic E-state index is 12.8. The SMILES string of the molecule is CCCC/C=C/CC/C=C/CCCCCCCC(=O)OCC(COC(=O)CCCCCCCC1O[Se]OC1CCCCCC)OC(=O)CCCCCCC/C=C/C=C/CCCCCC. The van der Waals surface area contributed by atoms with Gasteiger partial charge in [-0.15, -0.1) is 0 Å². The molecule has 0 N–H and O–H groups in total. The van der Waals surface area contributed by atoms with E-state index in [-0.39, 0.29) is 58.9 Å². The predicted molar refractivity (Wildman–Crippen MR) is 267 cm³/mol. The summed E-state index contributed by atoms with van der Waals surface area (Å²) in [6.07, 6.45) is 55.5. The van der Waals surface area contributed by atoms with E-state index >= 15 is 0 Å². The summed E-state index contributed by atoms with van der Waals surface area (Å²) in [5.74, 6) is -0.951. The van der Waals surface area contributed by atoms with Crippen LogP contribution in [0.2, 0.25) is 0 Å². The minimum atomic E-state index is -0.804. The Kier molecular flexibility index (Phi) is 44.2. The van der Waals surface area contributed by atoms with Crippen LogP contribution in [-0.2, 0) is 36.2 Å². The van der Waals surface area contributed by atoms with Crippen molar-refractivity contribution in [2.24, 2.45) is 0 Å². The molecule has 0 saturated carbocycles. The van der Waals surface area contributed by atoms with Crippen LogP contribution in [-0.4, -0.2) is 65.0 Å². The number of ether oxygens (including phenoxy) is 3. The molecule has 64 heavy (non-hydrogen) atoms. The van der Waals surface area contributed by atoms with Gasteiger partial charge in [-0.2, -0.15) is 0 Å². The fourth-order valence-corrected chi connectivity index (χ4v) is 9.10. The molecule has 1 heterocycles. The predicted octanol–water partition coefficient (Wildman–Crippen LogP) is 15.6. The van der Waals surface area contributed by atoms with Gasteiger partial charge in [0.15, 0.2) is 6.10 Å². The van der Waals surface area contributed by atoms with Crippen molar-refractivity contribution in [3.8, 4) is 0 Å². The van der Waals surface area contributed by atoms with Crippen LogP contribution >= 0.6 is 0 Å². The first-order valence-corrected chi connectivity index (χ1v) is 28.0. The van der Waals surface area contributed by atoms with Gasteiger partial charge in [0, 0.05) is 12.8 Å². The summed E-state index contributed by atoms with van der Waals surface area (Å²) in [6.45, 7) is 6.50. The smallest absolute Gasteiger partial charge is 0.306 e. The van der Waals surface area contributed by atoms with Crippen molar-refractivity contribution in [2.45, 2.75) is 270 Å². The van der Waals surface area contributed by atoms with Gasteiger partial charge in [0.05, 0.1) is 0 Å². The number of unbranched alkanes of at least 4 members (excludes halogenated alkanes) is 24. The summed E-state index contributed by atoms with van der Waals surface area (Å²) >= 11 is -0.134. The van der Waals surface area contributed by atoms with Crippen molar-refractivity contribution >= 4 is 33.5 Å². The number of carbonyl (C=O) groups excluding carboxylic acids is 3. The summed E-state index contributed by atoms with van der Waals surface area (Å²) in [7, 11) is 0. The molecule has 1 rings (SSSR count). The van der Waals surface area contributed by atoms with E-state index in [0.29, 0.717) is 19.3 Å². The Morgan fingerprint density at radius 2 is 0.781 bits per heavy atom. The molecule has 0 radical (unpaired) electrons. The van der Waals surface area contributed by atoms with Gasteiger partial charge in [0.25, 0.3) is 0 Å². The molecule has 0 amide bonds. The molecule has 0 bridgehead atoms. The van der Waals surface area contributed by atoms with Gasteiger partial charge in [-0.25, -0.2) is 0 Å². The summed E-state index contributed by atoms with van der Waals surface area (Å²) in [6, 6.07) is 0. The average molecular weight is 964 g/mol. The van der Waals surface area contributed by atoms with Gasteiger partial charge in [-0.3, -0.25) is 9.59 Å². The Labute approximate surface area is 400 Å². The number of hydrogen-bond donors (Lipinski definition) is 0. The Balaban J connectivity index is 2.34. The molecule has 1 aliphatic rings. The van der Waals surface area contributed by atoms with Gasteiger partial charge in [0.1, 0.15) is 6.61 Å². The van der Waals surface area contributed by atoms with Gasteiger partial charge >= 0.3 is 153 Å². The maximum Gasteiger partial charge on any atom is 0.306 e. The molecular weight excluding hydrogens is 868 g/mol. The van der Waals surface area contributed by atoms with Crippen LogP contribution in [0.1, 0.15) is 252 Å². The Hall–Kier alpha value is -2.19. The van der Waals surface area contributed by atoms with Crippen molar-refractivity contribution in [1.29, 1.82) is 0 Å². The molecule has 1 aliphatic heterocycles. The van der Waals surface area contributed by atoms with Gasteiger partial charge in [-0.05, 0) is 70.6 Å². The van der Waals surface area contributed by atoms with Crippen molar-refractivity contribution < 1.29 is 36.2 Å². The third-order valence-electron chi connectivity index (χ3n) is 11.8. The number of carbonyl (C=O) groups is 3. The van der Waals surface area contributed by atoms with Crippen LogP contribution < -0.4 is 0 Å². The molecule has 0 aliphatic carbocycles. The monoisotopic (exact) mass is 965 g/mol. The molecular formula is C55H96O8Se. The second-order valence-electron chi connectivity index (χ2n) is 18.0. The molecule has 9 heteroatoms. The fourth-order valence-electron chi connectivity index (χ4n) is 7.66. The van der Waals surface area contributed by atoms with Gasteiger partial charge in [0.2, 0.25) is 0 Å². The Bertz CT molecular complexity index is 1200. The van der Waals surface area contributed by atoms with E-state index in [1.807, 2.05) is 0 Å². The topological polar surface area (TPSA) is 97.4 Å². The van der Waals surface area contributed by atoms with Gasteiger partial charge in [-0.1, -0.05) is 133 Å². The minimum Gasteiger partial charge on any atom is -0.455 e. The molecule has 0 aromatic heterocycles. The first-order valence-electron chi connectivity index (χ1n) is 26.6. The zero-order valence-corrected chi connectivity index (χ0v) is 43.1. The third kappa shape index (κ3) is 40.1. The van der Waals surface area contributed by atoms with Crippen LogP contribution in [0.15, 0.2) is 48.6 Å². The molecule has 1 fully saturated rings. The molecule has 0 aromatic rings. The van der Waals surface area contributed by atoms with Gasteiger partial charge < -0.3 is 9.47 Å². The molecule has 0 spiro atoms. The van der Waals surface area contributed by atoms with E-state index in [2.05, 4.69) is 69.4 Å². The zero-order chi connectivity index (χ0) is 46.2. The second-order valence-corrected chi connectivity index (χ2v) is 19.0. The van der Waals surface area contributed by atoms with Crippen molar-refractivity contribution in [1.82, 2.24) is 0 Å². The van der Waals surface area contributed by atoms with Crippen molar-refractivity contribution in [2.75, 3.05) is 13.2 Å². The van der Waals surface area contributed by atoms with Crippen molar-refractivity contribution in [3.05, 3.63) is 48.6 Å². The average Bonchev–Trinajstić information content (AvgIpc) is 3.75. The van der Waals surface area contributed by atoms with Crippen molar-refractivity contribution in [3.63, 3.8) is 0 Å². The van der Waals surface area contributed by atoms with Crippen LogP contribution in [0.25, 0.3) is 0 Å². The number of allylic oxidation sites excluding steroid dienone is 8. The van der Waals surface area contributed by atoms with E-state index < -0.39 is 6.10 Å². The summed E-state index contributed by atoms with van der Waals surface area (Å²) < 4.78 is 28.6. The van der Waals surface area contributed by atoms with E-state index in [1.165, 1.54) is 77.0 Å². The quantitative estimate of drug-likeness (QED) is 0.0149. The first-order chi connectivity index (χ1) is 31.5. The summed E-state index contributed by atoms with van der Waals surface area (Å²) in [5, 5.41) is 0. The molecule has 370 valence electrons. The third-order valence-corrected chi connectivity index (χ3v) is 13.1. The molecule has 0 aromatic carbocycles. The van der Waals surface area contributed by atoms with Crippen LogP contribution in [0.3, 0.4) is 0 Å². The fraction of sp³-hybridized carbons (Fsp3) is 0.800. The number of esters is 3. The second kappa shape index (κ2) is 47.3. The molecule has 8 nitrogen and oxygen atoms in total. The summed E-state index contributed by atoms with van der Waals surface area (Å²) in [5.41, 5.74) is 0. The molecule has 1 saturated heterocycles. The van der Waals surface area contributed by atoms with Crippen LogP contribution in [0, 0.1) is 0 Å². The zero-order valence-electron chi connectivity index (χ0n) is 41.4. The normalized spacial score (nSPS) is 15.9. The Morgan fingerprint density at radius 1 is 0.422 bits per heavy atom. The van der Waals surface area contributed by atoms with E-state index in [9.17, 15) is 14.4 Å². The Morgan fingerprint density at radius 3 is 1.27 bits per heavy atom. The largest absolute Gasteiger partial charge is 0.455 e.